The lowest BCUT2D eigenvalue weighted by atomic mass is 9.47. The lowest BCUT2D eigenvalue weighted by Crippen LogP contribution is -2.54. The second-order valence-electron chi connectivity index (χ2n) is 6.93. The quantitative estimate of drug-likeness (QED) is 0.742. The van der Waals surface area contributed by atoms with Gasteiger partial charge < -0.3 is 5.32 Å². The number of hydrogen-bond acceptors (Lipinski definition) is 1. The van der Waals surface area contributed by atoms with Crippen LogP contribution in [-0.4, -0.2) is 12.6 Å². The Kier molecular flexibility index (Phi) is 2.75. The van der Waals surface area contributed by atoms with Crippen molar-refractivity contribution in [2.45, 2.75) is 57.4 Å². The zero-order valence-corrected chi connectivity index (χ0v) is 10.9. The van der Waals surface area contributed by atoms with Crippen molar-refractivity contribution in [1.29, 1.82) is 0 Å². The molecule has 4 saturated carbocycles. The molecular formula is C14H24ClN. The highest BCUT2D eigenvalue weighted by Crippen LogP contribution is 2.62. The van der Waals surface area contributed by atoms with Crippen LogP contribution in [0.4, 0.5) is 0 Å². The highest BCUT2D eigenvalue weighted by Gasteiger charge is 2.54. The van der Waals surface area contributed by atoms with Gasteiger partial charge in [-0.25, -0.2) is 0 Å². The van der Waals surface area contributed by atoms with Crippen LogP contribution >= 0.6 is 12.4 Å². The van der Waals surface area contributed by atoms with Crippen molar-refractivity contribution in [2.24, 2.45) is 23.2 Å². The molecule has 5 rings (SSSR count). The first-order chi connectivity index (χ1) is 7.34. The first-order valence-corrected chi connectivity index (χ1v) is 7.07. The molecule has 1 heterocycles. The summed E-state index contributed by atoms with van der Waals surface area (Å²) in [6, 6.07) is 0.908. The third-order valence-corrected chi connectivity index (χ3v) is 5.89. The zero-order valence-electron chi connectivity index (χ0n) is 10.1. The summed E-state index contributed by atoms with van der Waals surface area (Å²) in [5.74, 6) is 3.37. The maximum absolute atomic E-state index is 3.81. The zero-order chi connectivity index (χ0) is 9.88. The van der Waals surface area contributed by atoms with Crippen molar-refractivity contribution < 1.29 is 0 Å². The second-order valence-corrected chi connectivity index (χ2v) is 6.93. The van der Waals surface area contributed by atoms with Crippen molar-refractivity contribution in [2.75, 3.05) is 6.54 Å². The van der Waals surface area contributed by atoms with Crippen molar-refractivity contribution in [3.8, 4) is 0 Å². The van der Waals surface area contributed by atoms with E-state index in [4.69, 9.17) is 0 Å². The lowest BCUT2D eigenvalue weighted by molar-refractivity contribution is -0.0704. The Labute approximate surface area is 105 Å². The fourth-order valence-corrected chi connectivity index (χ4v) is 5.81. The SMILES string of the molecule is C1CNC(C23CC4CC(CC(C4)C2)C3)C1.Cl. The molecule has 1 aliphatic heterocycles. The van der Waals surface area contributed by atoms with E-state index in [2.05, 4.69) is 5.32 Å². The number of halogens is 1. The molecule has 5 fully saturated rings. The summed E-state index contributed by atoms with van der Waals surface area (Å²) in [6.45, 7) is 1.30. The molecule has 4 bridgehead atoms. The van der Waals surface area contributed by atoms with E-state index in [9.17, 15) is 0 Å². The lowest BCUT2D eigenvalue weighted by Gasteiger charge is -2.59. The van der Waals surface area contributed by atoms with Crippen molar-refractivity contribution >= 4 is 12.4 Å². The van der Waals surface area contributed by atoms with Crippen LogP contribution in [0.25, 0.3) is 0 Å². The van der Waals surface area contributed by atoms with Gasteiger partial charge in [-0.15, -0.1) is 12.4 Å². The van der Waals surface area contributed by atoms with E-state index < -0.39 is 0 Å². The average Bonchev–Trinajstić information content (AvgIpc) is 2.67. The van der Waals surface area contributed by atoms with Gasteiger partial charge in [0.25, 0.3) is 0 Å². The van der Waals surface area contributed by atoms with E-state index in [0.717, 1.165) is 29.2 Å². The van der Waals surface area contributed by atoms with Gasteiger partial charge in [-0.1, -0.05) is 0 Å². The number of hydrogen-bond donors (Lipinski definition) is 1. The molecule has 16 heavy (non-hydrogen) atoms. The maximum Gasteiger partial charge on any atom is 0.0124 e. The number of rotatable bonds is 1. The molecule has 0 aromatic carbocycles. The molecule has 1 unspecified atom stereocenters. The van der Waals surface area contributed by atoms with Crippen molar-refractivity contribution in [1.82, 2.24) is 5.32 Å². The molecule has 0 radical (unpaired) electrons. The van der Waals surface area contributed by atoms with E-state index in [1.54, 1.807) is 38.5 Å². The van der Waals surface area contributed by atoms with Gasteiger partial charge in [0.1, 0.15) is 0 Å². The van der Waals surface area contributed by atoms with E-state index >= 15 is 0 Å². The Morgan fingerprint density at radius 3 is 1.88 bits per heavy atom. The van der Waals surface area contributed by atoms with Crippen LogP contribution in [-0.2, 0) is 0 Å². The smallest absolute Gasteiger partial charge is 0.0124 e. The molecule has 4 aliphatic carbocycles. The Morgan fingerprint density at radius 2 is 1.44 bits per heavy atom. The minimum absolute atomic E-state index is 0. The van der Waals surface area contributed by atoms with Gasteiger partial charge >= 0.3 is 0 Å². The van der Waals surface area contributed by atoms with E-state index in [-0.39, 0.29) is 12.4 Å². The van der Waals surface area contributed by atoms with Crippen LogP contribution in [0.1, 0.15) is 51.4 Å². The van der Waals surface area contributed by atoms with Crippen LogP contribution in [0.2, 0.25) is 0 Å². The minimum Gasteiger partial charge on any atom is -0.313 e. The molecule has 2 heteroatoms. The number of nitrogens with one attached hydrogen (secondary N) is 1. The summed E-state index contributed by atoms with van der Waals surface area (Å²) in [5.41, 5.74) is 0.769. The summed E-state index contributed by atoms with van der Waals surface area (Å²) >= 11 is 0. The predicted molar refractivity (Wildman–Crippen MR) is 68.9 cm³/mol. The van der Waals surface area contributed by atoms with Crippen molar-refractivity contribution in [3.05, 3.63) is 0 Å². The molecule has 1 N–H and O–H groups in total. The Balaban J connectivity index is 0.000000810. The summed E-state index contributed by atoms with van der Waals surface area (Å²) in [5, 5.41) is 3.81. The van der Waals surface area contributed by atoms with Gasteiger partial charge in [-0.05, 0) is 81.1 Å². The Morgan fingerprint density at radius 1 is 0.875 bits per heavy atom. The molecule has 5 aliphatic rings. The molecular weight excluding hydrogens is 218 g/mol. The van der Waals surface area contributed by atoms with E-state index in [0.29, 0.717) is 0 Å². The molecule has 0 amide bonds. The van der Waals surface area contributed by atoms with Gasteiger partial charge in [-0.3, -0.25) is 0 Å². The molecule has 1 atom stereocenters. The fraction of sp³-hybridized carbons (Fsp3) is 1.00. The Hall–Kier alpha value is 0.250. The van der Waals surface area contributed by atoms with Gasteiger partial charge in [0.15, 0.2) is 0 Å². The van der Waals surface area contributed by atoms with E-state index in [1.165, 1.54) is 19.4 Å². The van der Waals surface area contributed by atoms with Crippen LogP contribution in [0, 0.1) is 23.2 Å². The standard InChI is InChI=1S/C14H23N.ClH/c1-2-13(15-3-1)14-7-10-4-11(8-14)6-12(5-10)9-14;/h10-13,15H,1-9H2;1H. The molecule has 1 saturated heterocycles. The third kappa shape index (κ3) is 1.54. The molecule has 1 nitrogen and oxygen atoms in total. The summed E-state index contributed by atoms with van der Waals surface area (Å²) in [4.78, 5) is 0. The normalized spacial score (nSPS) is 54.0. The van der Waals surface area contributed by atoms with Crippen LogP contribution in [0.15, 0.2) is 0 Å². The Bertz CT molecular complexity index is 235. The first kappa shape index (κ1) is 11.3. The highest BCUT2D eigenvalue weighted by atomic mass is 35.5. The average molecular weight is 242 g/mol. The predicted octanol–water partition coefficient (Wildman–Crippen LogP) is 3.38. The molecule has 0 spiro atoms. The maximum atomic E-state index is 3.81. The highest BCUT2D eigenvalue weighted by molar-refractivity contribution is 5.85. The van der Waals surface area contributed by atoms with Gasteiger partial charge in [0, 0.05) is 6.04 Å². The molecule has 0 aromatic rings. The van der Waals surface area contributed by atoms with Crippen LogP contribution in [0.5, 0.6) is 0 Å². The van der Waals surface area contributed by atoms with Crippen LogP contribution < -0.4 is 5.32 Å². The van der Waals surface area contributed by atoms with Gasteiger partial charge in [0.05, 0.1) is 0 Å². The van der Waals surface area contributed by atoms with Gasteiger partial charge in [-0.2, -0.15) is 0 Å². The van der Waals surface area contributed by atoms with E-state index in [1.807, 2.05) is 0 Å². The minimum atomic E-state index is 0. The van der Waals surface area contributed by atoms with Crippen molar-refractivity contribution in [3.63, 3.8) is 0 Å². The van der Waals surface area contributed by atoms with Crippen LogP contribution in [0.3, 0.4) is 0 Å². The molecule has 92 valence electrons. The summed E-state index contributed by atoms with van der Waals surface area (Å²) in [7, 11) is 0. The molecule has 0 aromatic heterocycles. The summed E-state index contributed by atoms with van der Waals surface area (Å²) < 4.78 is 0. The summed E-state index contributed by atoms with van der Waals surface area (Å²) in [6.07, 6.45) is 12.4. The largest absolute Gasteiger partial charge is 0.313 e. The first-order valence-electron chi connectivity index (χ1n) is 7.07. The topological polar surface area (TPSA) is 12.0 Å². The third-order valence-electron chi connectivity index (χ3n) is 5.89. The second kappa shape index (κ2) is 3.88. The van der Waals surface area contributed by atoms with Gasteiger partial charge in [0.2, 0.25) is 0 Å². The fourth-order valence-electron chi connectivity index (χ4n) is 5.81. The monoisotopic (exact) mass is 241 g/mol.